The summed E-state index contributed by atoms with van der Waals surface area (Å²) >= 11 is 0. The number of aromatic nitrogens is 2. The molecule has 0 aliphatic carbocycles. The molecule has 0 fully saturated rings. The SMILES string of the molecule is C=c1/c(=C(\C=C(C)C)N(C)Cc2ccc(C)cc2)ncn1C(C)C. The zero-order valence-corrected chi connectivity index (χ0v) is 15.8. The Balaban J connectivity index is 2.49. The summed E-state index contributed by atoms with van der Waals surface area (Å²) in [6.45, 7) is 15.7. The maximum Gasteiger partial charge on any atom is 0.111 e. The van der Waals surface area contributed by atoms with Gasteiger partial charge in [0.05, 0.1) is 17.4 Å². The van der Waals surface area contributed by atoms with E-state index in [9.17, 15) is 0 Å². The van der Waals surface area contributed by atoms with E-state index < -0.39 is 0 Å². The van der Waals surface area contributed by atoms with Gasteiger partial charge in [-0.3, -0.25) is 0 Å². The summed E-state index contributed by atoms with van der Waals surface area (Å²) in [5.74, 6) is 0. The number of allylic oxidation sites excluding steroid dienone is 1. The minimum absolute atomic E-state index is 0.356. The van der Waals surface area contributed by atoms with Crippen LogP contribution < -0.4 is 10.7 Å². The largest absolute Gasteiger partial charge is 0.368 e. The van der Waals surface area contributed by atoms with Gasteiger partial charge in [0.2, 0.25) is 0 Å². The first-order valence-electron chi connectivity index (χ1n) is 8.47. The number of nitrogens with zero attached hydrogens (tertiary/aromatic N) is 3. The third-order valence-electron chi connectivity index (χ3n) is 4.07. The van der Waals surface area contributed by atoms with Gasteiger partial charge in [0.15, 0.2) is 0 Å². The second-order valence-electron chi connectivity index (χ2n) is 6.99. The van der Waals surface area contributed by atoms with Gasteiger partial charge in [-0.25, -0.2) is 4.98 Å². The molecule has 0 bridgehead atoms. The molecule has 3 heteroatoms. The number of imidazole rings is 1. The fraction of sp³-hybridized carbons (Fsp3) is 0.381. The number of likely N-dealkylation sites (N-methyl/N-ethyl adjacent to an activating group) is 1. The minimum atomic E-state index is 0.356. The summed E-state index contributed by atoms with van der Waals surface area (Å²) in [6.07, 6.45) is 4.08. The fourth-order valence-corrected chi connectivity index (χ4v) is 2.73. The minimum Gasteiger partial charge on any atom is -0.368 e. The lowest BCUT2D eigenvalue weighted by Crippen LogP contribution is -2.35. The molecule has 0 aliphatic rings. The van der Waals surface area contributed by atoms with E-state index in [4.69, 9.17) is 0 Å². The van der Waals surface area contributed by atoms with Gasteiger partial charge in [0.25, 0.3) is 0 Å². The van der Waals surface area contributed by atoms with Gasteiger partial charge in [-0.2, -0.15) is 0 Å². The van der Waals surface area contributed by atoms with Crippen LogP contribution in [-0.4, -0.2) is 21.5 Å². The molecule has 0 spiro atoms. The van der Waals surface area contributed by atoms with Crippen LogP contribution in [0.1, 0.15) is 44.9 Å². The van der Waals surface area contributed by atoms with Crippen LogP contribution >= 0.6 is 0 Å². The van der Waals surface area contributed by atoms with Crippen molar-refractivity contribution in [1.82, 2.24) is 14.5 Å². The topological polar surface area (TPSA) is 21.1 Å². The molecule has 2 aromatic rings. The number of aryl methyl sites for hydroxylation is 1. The van der Waals surface area contributed by atoms with Crippen LogP contribution in [-0.2, 0) is 6.54 Å². The first-order chi connectivity index (χ1) is 11.3. The number of hydrogen-bond donors (Lipinski definition) is 0. The third-order valence-corrected chi connectivity index (χ3v) is 4.07. The summed E-state index contributed by atoms with van der Waals surface area (Å²) in [6, 6.07) is 9.04. The van der Waals surface area contributed by atoms with Gasteiger partial charge in [-0.05, 0) is 46.3 Å². The predicted octanol–water partition coefficient (Wildman–Crippen LogP) is 3.39. The molecule has 0 saturated heterocycles. The lowest BCUT2D eigenvalue weighted by Gasteiger charge is -2.21. The van der Waals surface area contributed by atoms with E-state index in [1.165, 1.54) is 16.7 Å². The van der Waals surface area contributed by atoms with E-state index in [2.05, 4.69) is 93.0 Å². The molecule has 128 valence electrons. The Morgan fingerprint density at radius 3 is 2.38 bits per heavy atom. The molecule has 1 aromatic carbocycles. The lowest BCUT2D eigenvalue weighted by atomic mass is 10.1. The van der Waals surface area contributed by atoms with E-state index in [0.717, 1.165) is 22.9 Å². The summed E-state index contributed by atoms with van der Waals surface area (Å²) in [5, 5.41) is 1.92. The molecule has 1 aromatic heterocycles. The van der Waals surface area contributed by atoms with Crippen molar-refractivity contribution in [2.45, 2.75) is 47.2 Å². The van der Waals surface area contributed by atoms with Crippen molar-refractivity contribution in [3.63, 3.8) is 0 Å². The molecule has 0 radical (unpaired) electrons. The third kappa shape index (κ3) is 4.16. The van der Waals surface area contributed by atoms with Crippen LogP contribution in [0.25, 0.3) is 12.3 Å². The first kappa shape index (κ1) is 18.1. The second kappa shape index (κ2) is 7.52. The normalized spacial score (nSPS) is 12.3. The van der Waals surface area contributed by atoms with Crippen LogP contribution in [0.2, 0.25) is 0 Å². The van der Waals surface area contributed by atoms with Gasteiger partial charge < -0.3 is 9.47 Å². The van der Waals surface area contributed by atoms with Crippen LogP contribution in [0.3, 0.4) is 0 Å². The highest BCUT2D eigenvalue weighted by atomic mass is 15.1. The van der Waals surface area contributed by atoms with Gasteiger partial charge in [-0.1, -0.05) is 42.0 Å². The van der Waals surface area contributed by atoms with E-state index in [0.29, 0.717) is 6.04 Å². The fourth-order valence-electron chi connectivity index (χ4n) is 2.73. The highest BCUT2D eigenvalue weighted by Crippen LogP contribution is 2.12. The maximum atomic E-state index is 4.64. The lowest BCUT2D eigenvalue weighted by molar-refractivity contribution is 0.473. The molecule has 0 atom stereocenters. The van der Waals surface area contributed by atoms with Crippen molar-refractivity contribution in [1.29, 1.82) is 0 Å². The average Bonchev–Trinajstić information content (AvgIpc) is 2.88. The average molecular weight is 323 g/mol. The van der Waals surface area contributed by atoms with Crippen LogP contribution in [0.5, 0.6) is 0 Å². The molecule has 24 heavy (non-hydrogen) atoms. The molecule has 0 unspecified atom stereocenters. The van der Waals surface area contributed by atoms with Crippen molar-refractivity contribution in [3.8, 4) is 0 Å². The molecule has 1 heterocycles. The summed E-state index contributed by atoms with van der Waals surface area (Å²) in [4.78, 5) is 6.89. The molecule has 0 saturated carbocycles. The van der Waals surface area contributed by atoms with Crippen molar-refractivity contribution in [2.75, 3.05) is 7.05 Å². The van der Waals surface area contributed by atoms with Crippen molar-refractivity contribution in [3.05, 3.63) is 64.1 Å². The molecule has 0 aliphatic heterocycles. The predicted molar refractivity (Wildman–Crippen MR) is 103 cm³/mol. The molecule has 0 N–H and O–H groups in total. The Bertz CT molecular complexity index is 819. The summed E-state index contributed by atoms with van der Waals surface area (Å²) in [5.41, 5.74) is 4.93. The van der Waals surface area contributed by atoms with Crippen LogP contribution in [0.4, 0.5) is 0 Å². The van der Waals surface area contributed by atoms with Crippen molar-refractivity contribution in [2.24, 2.45) is 0 Å². The zero-order chi connectivity index (χ0) is 17.9. The Labute approximate surface area is 145 Å². The Kier molecular flexibility index (Phi) is 5.66. The Hall–Kier alpha value is -2.29. The van der Waals surface area contributed by atoms with Crippen molar-refractivity contribution < 1.29 is 0 Å². The first-order valence-corrected chi connectivity index (χ1v) is 8.47. The number of benzene rings is 1. The molecular formula is C21H29N3. The molecular weight excluding hydrogens is 294 g/mol. The monoisotopic (exact) mass is 323 g/mol. The van der Waals surface area contributed by atoms with Crippen molar-refractivity contribution >= 4 is 12.3 Å². The Morgan fingerprint density at radius 1 is 1.25 bits per heavy atom. The van der Waals surface area contributed by atoms with Crippen LogP contribution in [0.15, 0.2) is 42.2 Å². The molecule has 3 nitrogen and oxygen atoms in total. The second-order valence-corrected chi connectivity index (χ2v) is 6.99. The quantitative estimate of drug-likeness (QED) is 0.841. The van der Waals surface area contributed by atoms with E-state index >= 15 is 0 Å². The zero-order valence-electron chi connectivity index (χ0n) is 15.8. The standard InChI is InChI=1S/C21H29N3/c1-15(2)12-20(21-18(6)24(14-22-21)16(3)4)23(7)13-19-10-8-17(5)9-11-19/h8-12,14,16H,6,13H2,1-5,7H3/b21-20-. The number of rotatable bonds is 5. The van der Waals surface area contributed by atoms with E-state index in [-0.39, 0.29) is 0 Å². The van der Waals surface area contributed by atoms with Crippen LogP contribution in [0, 0.1) is 6.92 Å². The maximum absolute atomic E-state index is 4.64. The van der Waals surface area contributed by atoms with E-state index in [1.807, 2.05) is 6.33 Å². The van der Waals surface area contributed by atoms with Gasteiger partial charge in [0.1, 0.15) is 5.35 Å². The number of hydrogen-bond acceptors (Lipinski definition) is 2. The van der Waals surface area contributed by atoms with Gasteiger partial charge in [-0.15, -0.1) is 0 Å². The Morgan fingerprint density at radius 2 is 1.88 bits per heavy atom. The van der Waals surface area contributed by atoms with E-state index in [1.54, 1.807) is 0 Å². The van der Waals surface area contributed by atoms with Gasteiger partial charge >= 0.3 is 0 Å². The highest BCUT2D eigenvalue weighted by Gasteiger charge is 2.09. The highest BCUT2D eigenvalue weighted by molar-refractivity contribution is 5.54. The molecule has 0 amide bonds. The summed E-state index contributed by atoms with van der Waals surface area (Å²) in [7, 11) is 2.11. The van der Waals surface area contributed by atoms with Gasteiger partial charge in [0, 0.05) is 19.6 Å². The molecule has 2 rings (SSSR count). The smallest absolute Gasteiger partial charge is 0.111 e. The summed E-state index contributed by atoms with van der Waals surface area (Å²) < 4.78 is 2.12.